The Labute approximate surface area is 120 Å². The van der Waals surface area contributed by atoms with E-state index < -0.39 is 11.4 Å². The van der Waals surface area contributed by atoms with Crippen molar-refractivity contribution in [3.05, 3.63) is 23.8 Å². The minimum absolute atomic E-state index is 0.152. The Hall–Kier alpha value is -1.75. The molecular weight excluding hydrogens is 256 g/mol. The molecule has 1 rings (SSSR count). The van der Waals surface area contributed by atoms with Crippen LogP contribution in [0.5, 0.6) is 11.5 Å². The lowest BCUT2D eigenvalue weighted by Crippen LogP contribution is -2.53. The Morgan fingerprint density at radius 1 is 1.40 bits per heavy atom. The molecule has 3 N–H and O–H groups in total. The Bertz CT molecular complexity index is 476. The highest BCUT2D eigenvalue weighted by Gasteiger charge is 2.36. The number of carbonyl (C=O) groups excluding carboxylic acids is 1. The molecule has 0 radical (unpaired) electrons. The quantitative estimate of drug-likeness (QED) is 0.798. The average Bonchev–Trinajstić information content (AvgIpc) is 2.45. The normalized spacial score (nSPS) is 15.2. The molecule has 1 aromatic rings. The summed E-state index contributed by atoms with van der Waals surface area (Å²) in [5, 5.41) is 3.28. The summed E-state index contributed by atoms with van der Waals surface area (Å²) in [6.45, 7) is 5.83. The van der Waals surface area contributed by atoms with Gasteiger partial charge in [0.15, 0.2) is 0 Å². The van der Waals surface area contributed by atoms with Crippen molar-refractivity contribution < 1.29 is 14.3 Å². The maximum absolute atomic E-state index is 12.0. The van der Waals surface area contributed by atoms with E-state index in [1.807, 2.05) is 13.8 Å². The highest BCUT2D eigenvalue weighted by molar-refractivity contribution is 5.86. The SMILES string of the molecule is CCC(C)NC(C)(C(N)=O)c1ccc(OC)cc1OC. The van der Waals surface area contributed by atoms with Gasteiger partial charge in [0.1, 0.15) is 17.0 Å². The van der Waals surface area contributed by atoms with Gasteiger partial charge < -0.3 is 15.2 Å². The predicted molar refractivity (Wildman–Crippen MR) is 79.0 cm³/mol. The van der Waals surface area contributed by atoms with Gasteiger partial charge in [0.05, 0.1) is 14.2 Å². The van der Waals surface area contributed by atoms with Crippen LogP contribution in [0.4, 0.5) is 0 Å². The fourth-order valence-corrected chi connectivity index (χ4v) is 2.09. The van der Waals surface area contributed by atoms with E-state index in [-0.39, 0.29) is 6.04 Å². The van der Waals surface area contributed by atoms with Crippen molar-refractivity contribution in [2.75, 3.05) is 14.2 Å². The van der Waals surface area contributed by atoms with Crippen LogP contribution in [0.3, 0.4) is 0 Å². The predicted octanol–water partition coefficient (Wildman–Crippen LogP) is 1.79. The van der Waals surface area contributed by atoms with Crippen molar-refractivity contribution in [3.63, 3.8) is 0 Å². The molecule has 0 bridgehead atoms. The van der Waals surface area contributed by atoms with Crippen LogP contribution < -0.4 is 20.5 Å². The van der Waals surface area contributed by atoms with Crippen molar-refractivity contribution in [3.8, 4) is 11.5 Å². The molecule has 0 aliphatic rings. The number of methoxy groups -OCH3 is 2. The monoisotopic (exact) mass is 280 g/mol. The summed E-state index contributed by atoms with van der Waals surface area (Å²) < 4.78 is 10.5. The Morgan fingerprint density at radius 3 is 2.50 bits per heavy atom. The number of ether oxygens (including phenoxy) is 2. The molecule has 0 saturated heterocycles. The molecule has 0 aliphatic carbocycles. The van der Waals surface area contributed by atoms with Gasteiger partial charge in [-0.1, -0.05) is 6.92 Å². The molecule has 20 heavy (non-hydrogen) atoms. The fourth-order valence-electron chi connectivity index (χ4n) is 2.09. The van der Waals surface area contributed by atoms with E-state index in [4.69, 9.17) is 15.2 Å². The second-order valence-corrected chi connectivity index (χ2v) is 5.01. The second kappa shape index (κ2) is 6.61. The first kappa shape index (κ1) is 16.3. The maximum atomic E-state index is 12.0. The maximum Gasteiger partial charge on any atom is 0.242 e. The molecule has 2 atom stereocenters. The summed E-state index contributed by atoms with van der Waals surface area (Å²) in [5.74, 6) is 0.795. The lowest BCUT2D eigenvalue weighted by molar-refractivity contribution is -0.124. The van der Waals surface area contributed by atoms with E-state index in [1.165, 1.54) is 0 Å². The second-order valence-electron chi connectivity index (χ2n) is 5.01. The van der Waals surface area contributed by atoms with Crippen LogP contribution in [-0.4, -0.2) is 26.2 Å². The molecule has 112 valence electrons. The topological polar surface area (TPSA) is 73.6 Å². The Kier molecular flexibility index (Phi) is 5.39. The third-order valence-electron chi connectivity index (χ3n) is 3.59. The molecule has 0 heterocycles. The Morgan fingerprint density at radius 2 is 2.05 bits per heavy atom. The third-order valence-corrected chi connectivity index (χ3v) is 3.59. The van der Waals surface area contributed by atoms with Crippen molar-refractivity contribution in [2.24, 2.45) is 5.73 Å². The Balaban J connectivity index is 3.31. The third kappa shape index (κ3) is 3.22. The van der Waals surface area contributed by atoms with Gasteiger partial charge in [-0.3, -0.25) is 10.1 Å². The van der Waals surface area contributed by atoms with E-state index in [2.05, 4.69) is 5.32 Å². The van der Waals surface area contributed by atoms with Crippen molar-refractivity contribution >= 4 is 5.91 Å². The molecule has 1 amide bonds. The van der Waals surface area contributed by atoms with Crippen molar-refractivity contribution in [1.82, 2.24) is 5.32 Å². The number of primary amides is 1. The number of nitrogens with one attached hydrogen (secondary N) is 1. The summed E-state index contributed by atoms with van der Waals surface area (Å²) in [5.41, 5.74) is 5.32. The number of nitrogens with two attached hydrogens (primary N) is 1. The van der Waals surface area contributed by atoms with Crippen LogP contribution >= 0.6 is 0 Å². The van der Waals surface area contributed by atoms with Crippen molar-refractivity contribution in [1.29, 1.82) is 0 Å². The van der Waals surface area contributed by atoms with Gasteiger partial charge in [-0.2, -0.15) is 0 Å². The largest absolute Gasteiger partial charge is 0.497 e. The number of carbonyl (C=O) groups is 1. The van der Waals surface area contributed by atoms with Gasteiger partial charge in [0, 0.05) is 17.7 Å². The molecule has 0 saturated carbocycles. The van der Waals surface area contributed by atoms with Gasteiger partial charge in [0.2, 0.25) is 5.91 Å². The van der Waals surface area contributed by atoms with Crippen LogP contribution in [-0.2, 0) is 10.3 Å². The molecule has 0 spiro atoms. The lowest BCUT2D eigenvalue weighted by atomic mass is 9.89. The zero-order chi connectivity index (χ0) is 15.3. The highest BCUT2D eigenvalue weighted by Crippen LogP contribution is 2.33. The molecule has 0 fully saturated rings. The van der Waals surface area contributed by atoms with Gasteiger partial charge in [0.25, 0.3) is 0 Å². The minimum atomic E-state index is -0.993. The number of amides is 1. The standard InChI is InChI=1S/C15H24N2O3/c1-6-10(2)17-15(3,14(16)18)12-8-7-11(19-4)9-13(12)20-5/h7-10,17H,6H2,1-5H3,(H2,16,18). The summed E-state index contributed by atoms with van der Waals surface area (Å²) in [6.07, 6.45) is 0.890. The van der Waals surface area contributed by atoms with Crippen LogP contribution in [0, 0.1) is 0 Å². The smallest absolute Gasteiger partial charge is 0.242 e. The molecule has 2 unspecified atom stereocenters. The van der Waals surface area contributed by atoms with Crippen LogP contribution in [0.25, 0.3) is 0 Å². The molecule has 0 aromatic heterocycles. The molecular formula is C15H24N2O3. The van der Waals surface area contributed by atoms with E-state index in [0.29, 0.717) is 17.1 Å². The van der Waals surface area contributed by atoms with Crippen LogP contribution in [0.1, 0.15) is 32.8 Å². The minimum Gasteiger partial charge on any atom is -0.497 e. The van der Waals surface area contributed by atoms with Gasteiger partial charge >= 0.3 is 0 Å². The van der Waals surface area contributed by atoms with Gasteiger partial charge in [-0.25, -0.2) is 0 Å². The molecule has 5 nitrogen and oxygen atoms in total. The zero-order valence-electron chi connectivity index (χ0n) is 12.8. The van der Waals surface area contributed by atoms with Gasteiger partial charge in [-0.05, 0) is 32.4 Å². The van der Waals surface area contributed by atoms with Crippen LogP contribution in [0.15, 0.2) is 18.2 Å². The lowest BCUT2D eigenvalue weighted by Gasteiger charge is -2.32. The first-order valence-corrected chi connectivity index (χ1v) is 6.69. The molecule has 5 heteroatoms. The number of hydrogen-bond donors (Lipinski definition) is 2. The number of rotatable bonds is 7. The summed E-state index contributed by atoms with van der Waals surface area (Å²) in [4.78, 5) is 12.0. The van der Waals surface area contributed by atoms with E-state index in [0.717, 1.165) is 6.42 Å². The fraction of sp³-hybridized carbons (Fsp3) is 0.533. The highest BCUT2D eigenvalue weighted by atomic mass is 16.5. The van der Waals surface area contributed by atoms with Crippen LogP contribution in [0.2, 0.25) is 0 Å². The molecule has 0 aliphatic heterocycles. The molecule has 1 aromatic carbocycles. The van der Waals surface area contributed by atoms with E-state index in [9.17, 15) is 4.79 Å². The van der Waals surface area contributed by atoms with E-state index in [1.54, 1.807) is 39.3 Å². The number of hydrogen-bond acceptors (Lipinski definition) is 4. The summed E-state index contributed by atoms with van der Waals surface area (Å²) >= 11 is 0. The summed E-state index contributed by atoms with van der Waals surface area (Å²) in [6, 6.07) is 5.49. The summed E-state index contributed by atoms with van der Waals surface area (Å²) in [7, 11) is 3.14. The van der Waals surface area contributed by atoms with Crippen molar-refractivity contribution in [2.45, 2.75) is 38.8 Å². The van der Waals surface area contributed by atoms with Gasteiger partial charge in [-0.15, -0.1) is 0 Å². The first-order valence-electron chi connectivity index (χ1n) is 6.69. The zero-order valence-corrected chi connectivity index (χ0v) is 12.8. The average molecular weight is 280 g/mol. The van der Waals surface area contributed by atoms with E-state index >= 15 is 0 Å². The number of benzene rings is 1. The first-order chi connectivity index (χ1) is 9.38.